The van der Waals surface area contributed by atoms with Crippen LogP contribution in [0.15, 0.2) is 71.0 Å². The summed E-state index contributed by atoms with van der Waals surface area (Å²) in [5, 5.41) is 1.19. The predicted octanol–water partition coefficient (Wildman–Crippen LogP) is 3.63. The Kier molecular flexibility index (Phi) is 5.61. The maximum absolute atomic E-state index is 12.2. The number of benzene rings is 1. The van der Waals surface area contributed by atoms with E-state index in [2.05, 4.69) is 57.4 Å². The molecule has 0 bridgehead atoms. The van der Waals surface area contributed by atoms with Crippen LogP contribution in [-0.2, 0) is 5.41 Å². The Hall–Kier alpha value is -4.27. The summed E-state index contributed by atoms with van der Waals surface area (Å²) in [4.78, 5) is 39.1. The Morgan fingerprint density at radius 2 is 1.87 bits per heavy atom. The van der Waals surface area contributed by atoms with E-state index < -0.39 is 0 Å². The van der Waals surface area contributed by atoms with E-state index in [9.17, 15) is 4.79 Å². The van der Waals surface area contributed by atoms with Crippen molar-refractivity contribution < 1.29 is 4.79 Å². The molecule has 1 aromatic carbocycles. The van der Waals surface area contributed by atoms with E-state index in [1.165, 1.54) is 10.9 Å². The van der Waals surface area contributed by atoms with Crippen LogP contribution in [0.3, 0.4) is 0 Å². The first-order valence-electron chi connectivity index (χ1n) is 13.6. The number of carbonyl (C=O) groups is 1. The van der Waals surface area contributed by atoms with Crippen molar-refractivity contribution in [2.24, 2.45) is 9.98 Å². The average molecular weight is 521 g/mol. The highest BCUT2D eigenvalue weighted by atomic mass is 16.2. The van der Waals surface area contributed by atoms with Crippen molar-refractivity contribution in [1.29, 1.82) is 0 Å². The van der Waals surface area contributed by atoms with Gasteiger partial charge in [0, 0.05) is 87.0 Å². The fraction of sp³-hybridized carbons (Fsp3) is 0.367. The van der Waals surface area contributed by atoms with Gasteiger partial charge in [-0.3, -0.25) is 4.98 Å². The molecule has 0 N–H and O–H groups in total. The van der Waals surface area contributed by atoms with Crippen molar-refractivity contribution in [2.75, 3.05) is 51.7 Å². The predicted molar refractivity (Wildman–Crippen MR) is 154 cm³/mol. The first-order valence-corrected chi connectivity index (χ1v) is 13.6. The summed E-state index contributed by atoms with van der Waals surface area (Å²) in [6, 6.07) is 15.4. The van der Waals surface area contributed by atoms with Gasteiger partial charge in [0.1, 0.15) is 5.82 Å². The highest BCUT2D eigenvalue weighted by molar-refractivity contribution is 6.16. The maximum atomic E-state index is 12.2. The Balaban J connectivity index is 1.08. The van der Waals surface area contributed by atoms with E-state index in [1.54, 1.807) is 19.0 Å². The molecule has 1 unspecified atom stereocenters. The molecular weight excluding hydrogens is 488 g/mol. The molecule has 1 saturated carbocycles. The largest absolute Gasteiger partial charge is 0.353 e. The van der Waals surface area contributed by atoms with Gasteiger partial charge in [-0.25, -0.2) is 19.8 Å². The summed E-state index contributed by atoms with van der Waals surface area (Å²) in [7, 11) is 3.59. The maximum Gasteiger partial charge on any atom is 0.319 e. The smallest absolute Gasteiger partial charge is 0.319 e. The topological polar surface area (TPSA) is 80.5 Å². The van der Waals surface area contributed by atoms with Crippen LogP contribution in [0.2, 0.25) is 0 Å². The molecule has 1 aliphatic carbocycles. The highest BCUT2D eigenvalue weighted by Crippen LogP contribution is 2.54. The molecule has 39 heavy (non-hydrogen) atoms. The van der Waals surface area contributed by atoms with Gasteiger partial charge < -0.3 is 19.6 Å². The number of hydrogen-bond donors (Lipinski definition) is 0. The minimum absolute atomic E-state index is 0.0650. The first kappa shape index (κ1) is 23.8. The monoisotopic (exact) mass is 520 g/mol. The highest BCUT2D eigenvalue weighted by Gasteiger charge is 2.55. The van der Waals surface area contributed by atoms with Gasteiger partial charge in [0.15, 0.2) is 0 Å². The Morgan fingerprint density at radius 3 is 2.62 bits per heavy atom. The molecule has 2 amide bonds. The van der Waals surface area contributed by atoms with Gasteiger partial charge in [-0.1, -0.05) is 12.1 Å². The van der Waals surface area contributed by atoms with Crippen molar-refractivity contribution >= 4 is 40.5 Å². The Bertz CT molecular complexity index is 1510. The molecule has 3 aliphatic heterocycles. The zero-order valence-electron chi connectivity index (χ0n) is 22.4. The van der Waals surface area contributed by atoms with E-state index in [0.717, 1.165) is 60.9 Å². The lowest BCUT2D eigenvalue weighted by Crippen LogP contribution is -2.51. The first-order chi connectivity index (χ1) is 19.0. The van der Waals surface area contributed by atoms with Gasteiger partial charge in [0.2, 0.25) is 5.96 Å². The summed E-state index contributed by atoms with van der Waals surface area (Å²) < 4.78 is 0. The summed E-state index contributed by atoms with van der Waals surface area (Å²) >= 11 is 0. The van der Waals surface area contributed by atoms with Gasteiger partial charge in [-0.15, -0.1) is 0 Å². The fourth-order valence-corrected chi connectivity index (χ4v) is 6.12. The normalized spacial score (nSPS) is 21.5. The Morgan fingerprint density at radius 1 is 1.03 bits per heavy atom. The number of urea groups is 1. The molecule has 9 nitrogen and oxygen atoms in total. The summed E-state index contributed by atoms with van der Waals surface area (Å²) in [5.74, 6) is 1.74. The van der Waals surface area contributed by atoms with E-state index in [1.807, 2.05) is 29.6 Å². The van der Waals surface area contributed by atoms with E-state index in [-0.39, 0.29) is 17.5 Å². The van der Waals surface area contributed by atoms with Crippen molar-refractivity contribution in [2.45, 2.75) is 24.3 Å². The zero-order valence-corrected chi connectivity index (χ0v) is 22.4. The number of guanidine groups is 1. The van der Waals surface area contributed by atoms with Crippen LogP contribution < -0.4 is 4.90 Å². The van der Waals surface area contributed by atoms with Crippen molar-refractivity contribution in [3.8, 4) is 0 Å². The van der Waals surface area contributed by atoms with Crippen molar-refractivity contribution in [3.05, 3.63) is 72.2 Å². The van der Waals surface area contributed by atoms with E-state index >= 15 is 0 Å². The molecule has 3 aromatic rings. The number of nitrogens with zero attached hydrogens (tertiary/aromatic N) is 8. The third kappa shape index (κ3) is 4.13. The van der Waals surface area contributed by atoms with Crippen LogP contribution in [-0.4, -0.2) is 95.7 Å². The number of hydrogen-bond acceptors (Lipinski definition) is 7. The number of allylic oxidation sites excluding steroid dienone is 1. The number of aromatic nitrogens is 2. The molecule has 0 radical (unpaired) electrons. The minimum Gasteiger partial charge on any atom is -0.353 e. The number of amides is 2. The van der Waals surface area contributed by atoms with Crippen LogP contribution in [0.4, 0.5) is 10.6 Å². The SMILES string of the molecule is CN(C)C(=O)N1CCN(c2ccc(C3=CN4C(=NCC4C4(c5ccc6ncccc6c5)CC4)N=C3)cn2)CC1. The number of fused-ring (bicyclic) bond motifs is 2. The number of rotatable bonds is 4. The molecule has 1 saturated heterocycles. The fourth-order valence-electron chi connectivity index (χ4n) is 6.12. The molecular formula is C30H32N8O. The molecule has 7 rings (SSSR count). The number of aliphatic imine (C=N–C) groups is 2. The number of carbonyl (C=O) groups excluding carboxylic acids is 1. The molecule has 1 atom stereocenters. The molecule has 2 aromatic heterocycles. The second-order valence-corrected chi connectivity index (χ2v) is 11.0. The molecule has 0 spiro atoms. The lowest BCUT2D eigenvalue weighted by molar-refractivity contribution is 0.168. The van der Waals surface area contributed by atoms with Gasteiger partial charge in [-0.2, -0.15) is 0 Å². The van der Waals surface area contributed by atoms with E-state index in [4.69, 9.17) is 15.0 Å². The third-order valence-electron chi connectivity index (χ3n) is 8.51. The molecule has 198 valence electrons. The summed E-state index contributed by atoms with van der Waals surface area (Å²) in [5.41, 5.74) is 4.56. The van der Waals surface area contributed by atoms with Crippen LogP contribution in [0.1, 0.15) is 24.0 Å². The second-order valence-electron chi connectivity index (χ2n) is 11.0. The number of anilines is 1. The number of pyridine rings is 2. The quantitative estimate of drug-likeness (QED) is 0.525. The number of piperazine rings is 1. The van der Waals surface area contributed by atoms with E-state index in [0.29, 0.717) is 13.1 Å². The summed E-state index contributed by atoms with van der Waals surface area (Å²) in [6.07, 6.45) is 10.2. The van der Waals surface area contributed by atoms with Crippen molar-refractivity contribution in [1.82, 2.24) is 24.7 Å². The second kappa shape index (κ2) is 9.18. The average Bonchev–Trinajstić information content (AvgIpc) is 3.68. The zero-order chi connectivity index (χ0) is 26.6. The van der Waals surface area contributed by atoms with Gasteiger partial charge in [0.25, 0.3) is 0 Å². The third-order valence-corrected chi connectivity index (χ3v) is 8.51. The van der Waals surface area contributed by atoms with Gasteiger partial charge >= 0.3 is 6.03 Å². The van der Waals surface area contributed by atoms with Crippen LogP contribution in [0, 0.1) is 0 Å². The van der Waals surface area contributed by atoms with Gasteiger partial charge in [-0.05, 0) is 48.7 Å². The molecule has 9 heteroatoms. The molecule has 5 heterocycles. The van der Waals surface area contributed by atoms with Crippen molar-refractivity contribution in [3.63, 3.8) is 0 Å². The van der Waals surface area contributed by atoms with Crippen LogP contribution >= 0.6 is 0 Å². The lowest BCUT2D eigenvalue weighted by Gasteiger charge is -2.36. The Labute approximate surface area is 228 Å². The lowest BCUT2D eigenvalue weighted by atomic mass is 9.86. The van der Waals surface area contributed by atoms with Gasteiger partial charge in [0.05, 0.1) is 18.1 Å². The molecule has 4 aliphatic rings. The standard InChI is InChI=1S/C30H32N8O/c1-35(2)29(39)37-14-12-36(13-15-37)27-8-5-22(17-32-27)23-18-33-28-34-19-26(38(28)20-23)30(9-10-30)24-6-7-25-21(16-24)4-3-11-31-25/h3-8,11,16-18,20,26H,9-10,12-15,19H2,1-2H3. The van der Waals surface area contributed by atoms with Crippen LogP contribution in [0.25, 0.3) is 16.5 Å². The van der Waals surface area contributed by atoms with Crippen LogP contribution in [0.5, 0.6) is 0 Å². The minimum atomic E-state index is 0.0650. The molecule has 2 fully saturated rings. The summed E-state index contributed by atoms with van der Waals surface area (Å²) in [6.45, 7) is 3.70.